The molecule has 0 aliphatic heterocycles. The summed E-state index contributed by atoms with van der Waals surface area (Å²) in [7, 11) is 0. The second kappa shape index (κ2) is 13.1. The van der Waals surface area contributed by atoms with Gasteiger partial charge in [0.05, 0.1) is 0 Å². The minimum absolute atomic E-state index is 0.216. The molecular weight excluding hydrogens is 346 g/mol. The van der Waals surface area contributed by atoms with Crippen molar-refractivity contribution in [3.05, 3.63) is 30.3 Å². The van der Waals surface area contributed by atoms with Gasteiger partial charge in [-0.25, -0.2) is 0 Å². The van der Waals surface area contributed by atoms with E-state index in [9.17, 15) is 35.1 Å². The fraction of sp³-hybridized carbons (Fsp3) is 0.938. The van der Waals surface area contributed by atoms with Gasteiger partial charge in [0.25, 0.3) is 0 Å². The van der Waals surface area contributed by atoms with Crippen LogP contribution in [0.3, 0.4) is 0 Å². The highest BCUT2D eigenvalue weighted by molar-refractivity contribution is 5.61. The first-order valence-electron chi connectivity index (χ1n) is 9.16. The van der Waals surface area contributed by atoms with Crippen molar-refractivity contribution in [1.82, 2.24) is 0 Å². The Morgan fingerprint density at radius 3 is 1.46 bits per heavy atom. The van der Waals surface area contributed by atoms with Gasteiger partial charge in [-0.05, 0) is 6.42 Å². The maximum Gasteiger partial charge on any atom is 0.588 e. The van der Waals surface area contributed by atoms with Gasteiger partial charge in [0.15, 0.2) is 0 Å². The molecule has 0 saturated carbocycles. The van der Waals surface area contributed by atoms with E-state index in [0.29, 0.717) is 12.7 Å². The molecule has 0 aliphatic carbocycles. The van der Waals surface area contributed by atoms with Gasteiger partial charge in [-0.3, -0.25) is 35.1 Å². The highest BCUT2D eigenvalue weighted by Crippen LogP contribution is 2.22. The van der Waals surface area contributed by atoms with Crippen LogP contribution in [0.15, 0.2) is 0 Å². The zero-order chi connectivity index (χ0) is 20.0. The predicted molar refractivity (Wildman–Crippen MR) is 94.3 cm³/mol. The van der Waals surface area contributed by atoms with Crippen LogP contribution in [-0.4, -0.2) is 32.8 Å². The van der Waals surface area contributed by atoms with E-state index >= 15 is 0 Å². The second-order valence-electron chi connectivity index (χ2n) is 6.47. The molecule has 0 aliphatic rings. The van der Waals surface area contributed by atoms with E-state index in [0.717, 1.165) is 25.7 Å². The van der Waals surface area contributed by atoms with Crippen LogP contribution in [0.25, 0.3) is 0 Å². The molecule has 0 spiro atoms. The number of nitro groups is 3. The van der Waals surface area contributed by atoms with Crippen molar-refractivity contribution in [3.8, 4) is 0 Å². The highest BCUT2D eigenvalue weighted by atomic mass is 16.7. The molecule has 0 N–H and O–H groups in total. The molecule has 10 nitrogen and oxygen atoms in total. The van der Waals surface area contributed by atoms with Crippen molar-refractivity contribution < 1.29 is 19.6 Å². The quantitative estimate of drug-likeness (QED) is 0.163. The lowest BCUT2D eigenvalue weighted by atomic mass is 9.96. The molecule has 0 fully saturated rings. The maximum absolute atomic E-state index is 11.0. The normalized spacial score (nSPS) is 12.5. The van der Waals surface area contributed by atoms with Crippen molar-refractivity contribution in [2.75, 3.05) is 0 Å². The van der Waals surface area contributed by atoms with Crippen molar-refractivity contribution in [2.45, 2.75) is 95.7 Å². The van der Waals surface area contributed by atoms with E-state index in [1.54, 1.807) is 0 Å². The number of hydrogen-bond donors (Lipinski definition) is 0. The number of rotatable bonds is 17. The average Bonchev–Trinajstić information content (AvgIpc) is 2.58. The van der Waals surface area contributed by atoms with Gasteiger partial charge in [0.1, 0.15) is 9.85 Å². The smallest absolute Gasteiger partial charge is 0.273 e. The lowest BCUT2D eigenvalue weighted by Gasteiger charge is -2.14. The highest BCUT2D eigenvalue weighted by Gasteiger charge is 2.71. The summed E-state index contributed by atoms with van der Waals surface area (Å²) in [5.74, 6) is 0. The van der Waals surface area contributed by atoms with Crippen LogP contribution in [0.2, 0.25) is 0 Å². The molecule has 1 unspecified atom stereocenters. The molecule has 1 atom stereocenters. The van der Waals surface area contributed by atoms with Crippen molar-refractivity contribution >= 4 is 6.29 Å². The monoisotopic (exact) mass is 374 g/mol. The Morgan fingerprint density at radius 1 is 0.769 bits per heavy atom. The Morgan fingerprint density at radius 2 is 1.15 bits per heavy atom. The van der Waals surface area contributed by atoms with Crippen LogP contribution in [0.4, 0.5) is 0 Å². The standard InChI is InChI=1S/C16H28N3O7/c1-2-3-4-5-6-7-8-9-10-11-12-13-15(17(21)22)16(14-20,18(23)24)19(25)26/h15H,2-13H2,1H3. The third kappa shape index (κ3) is 7.40. The summed E-state index contributed by atoms with van der Waals surface area (Å²) in [4.78, 5) is 39.6. The van der Waals surface area contributed by atoms with E-state index in [1.165, 1.54) is 32.1 Å². The zero-order valence-electron chi connectivity index (χ0n) is 15.3. The Balaban J connectivity index is 4.24. The molecule has 0 rings (SSSR count). The molecule has 149 valence electrons. The van der Waals surface area contributed by atoms with Gasteiger partial charge in [-0.15, -0.1) is 0 Å². The van der Waals surface area contributed by atoms with Crippen LogP contribution in [0, 0.1) is 30.3 Å². The molecule has 0 saturated heterocycles. The average molecular weight is 374 g/mol. The number of unbranched alkanes of at least 4 members (excludes halogenated alkanes) is 10. The third-order valence-corrected chi connectivity index (χ3v) is 4.51. The van der Waals surface area contributed by atoms with E-state index in [1.807, 2.05) is 0 Å². The summed E-state index contributed by atoms with van der Waals surface area (Å²) in [5, 5.41) is 32.9. The van der Waals surface area contributed by atoms with Gasteiger partial charge < -0.3 is 0 Å². The number of carbonyl (C=O) groups excluding carboxylic acids is 1. The summed E-state index contributed by atoms with van der Waals surface area (Å²) in [6.07, 6.45) is 11.2. The van der Waals surface area contributed by atoms with E-state index in [-0.39, 0.29) is 6.42 Å². The van der Waals surface area contributed by atoms with Crippen LogP contribution in [0.5, 0.6) is 0 Å². The van der Waals surface area contributed by atoms with Crippen LogP contribution >= 0.6 is 0 Å². The first-order valence-corrected chi connectivity index (χ1v) is 9.16. The fourth-order valence-corrected chi connectivity index (χ4v) is 2.91. The summed E-state index contributed by atoms with van der Waals surface area (Å²) < 4.78 is 0. The topological polar surface area (TPSA) is 146 Å². The van der Waals surface area contributed by atoms with Crippen LogP contribution < -0.4 is 0 Å². The molecule has 1 radical (unpaired) electrons. The summed E-state index contributed by atoms with van der Waals surface area (Å²) in [6.45, 7) is 2.16. The van der Waals surface area contributed by atoms with Crippen molar-refractivity contribution in [3.63, 3.8) is 0 Å². The Hall–Kier alpha value is -2.13. The Labute approximate surface area is 152 Å². The number of nitrogens with zero attached hydrogens (tertiary/aromatic N) is 3. The van der Waals surface area contributed by atoms with Gasteiger partial charge >= 0.3 is 18.0 Å². The summed E-state index contributed by atoms with van der Waals surface area (Å²) >= 11 is 0. The maximum atomic E-state index is 11.0. The fourth-order valence-electron chi connectivity index (χ4n) is 2.91. The number of hydrogen-bond acceptors (Lipinski definition) is 7. The minimum Gasteiger partial charge on any atom is -0.273 e. The van der Waals surface area contributed by atoms with Gasteiger partial charge in [0, 0.05) is 11.3 Å². The van der Waals surface area contributed by atoms with Crippen LogP contribution in [-0.2, 0) is 4.79 Å². The van der Waals surface area contributed by atoms with E-state index < -0.39 is 32.9 Å². The molecule has 0 aromatic heterocycles. The van der Waals surface area contributed by atoms with Gasteiger partial charge in [0.2, 0.25) is 0 Å². The third-order valence-electron chi connectivity index (χ3n) is 4.51. The molecule has 0 heterocycles. The lowest BCUT2D eigenvalue weighted by Crippen LogP contribution is -2.59. The molecule has 10 heteroatoms. The molecule has 0 aromatic carbocycles. The largest absolute Gasteiger partial charge is 0.588 e. The van der Waals surface area contributed by atoms with E-state index in [4.69, 9.17) is 0 Å². The molecule has 26 heavy (non-hydrogen) atoms. The van der Waals surface area contributed by atoms with Crippen molar-refractivity contribution in [2.24, 2.45) is 0 Å². The SMILES string of the molecule is CCCCCCCCCCCCCC([N+](=O)[O-])C([C]=O)([N+](=O)[O-])[N+](=O)[O-]. The predicted octanol–water partition coefficient (Wildman–Crippen LogP) is 3.69. The second-order valence-corrected chi connectivity index (χ2v) is 6.47. The lowest BCUT2D eigenvalue weighted by molar-refractivity contribution is -0.810. The van der Waals surface area contributed by atoms with Gasteiger partial charge in [-0.1, -0.05) is 71.1 Å². The van der Waals surface area contributed by atoms with Crippen LogP contribution in [0.1, 0.15) is 84.0 Å². The summed E-state index contributed by atoms with van der Waals surface area (Å²) in [5.41, 5.74) is -3.54. The molecule has 0 amide bonds. The minimum atomic E-state index is -3.54. The van der Waals surface area contributed by atoms with Gasteiger partial charge in [-0.2, -0.15) is 0 Å². The summed E-state index contributed by atoms with van der Waals surface area (Å²) in [6, 6.07) is -2.22. The first-order chi connectivity index (χ1) is 12.3. The zero-order valence-corrected chi connectivity index (χ0v) is 15.3. The molecule has 0 bridgehead atoms. The Kier molecular flexibility index (Phi) is 12.0. The van der Waals surface area contributed by atoms with E-state index in [2.05, 4.69) is 6.92 Å². The molecular formula is C16H28N3O7. The first kappa shape index (κ1) is 23.9. The Bertz CT molecular complexity index is 457. The molecule has 0 aromatic rings. The van der Waals surface area contributed by atoms with Crippen molar-refractivity contribution in [1.29, 1.82) is 0 Å².